The SMILES string of the molecule is C[C@H](CCC(=O)N[C@@H](CC(=O)O)C(=O)N[C@@H](CCCN=C(N)N)C(=O)N[C@@H](CC(=O)O)C(=O)N[C@@H](CC(=O)O)C(=O)N[C@@H](CS)C(=O)O)NC(=O)c1ccc(NCc2cnc3nc(N)[nH]c(=O)c3n2)cc1. The maximum absolute atomic E-state index is 13.7. The van der Waals surface area contributed by atoms with Gasteiger partial charge in [0, 0.05) is 36.0 Å². The molecule has 30 nitrogen and oxygen atoms in total. The molecular weight excluding hydrogens is 963 g/mol. The van der Waals surface area contributed by atoms with Crippen LogP contribution in [-0.2, 0) is 49.7 Å². The van der Waals surface area contributed by atoms with Crippen LogP contribution in [0.5, 0.6) is 0 Å². The van der Waals surface area contributed by atoms with E-state index in [0.717, 1.165) is 0 Å². The highest BCUT2D eigenvalue weighted by Gasteiger charge is 2.34. The maximum Gasteiger partial charge on any atom is 0.327 e. The Labute approximate surface area is 406 Å². The quantitative estimate of drug-likeness (QED) is 0.0135. The number of carboxylic acids is 4. The zero-order valence-corrected chi connectivity index (χ0v) is 38.6. The largest absolute Gasteiger partial charge is 0.481 e. The molecular formula is C40H53N15O15S. The fraction of sp³-hybridized carbons (Fsp3) is 0.425. The molecule has 0 bridgehead atoms. The van der Waals surface area contributed by atoms with Crippen molar-refractivity contribution >= 4 is 101 Å². The van der Waals surface area contributed by atoms with Crippen LogP contribution in [0.1, 0.15) is 67.9 Å². The van der Waals surface area contributed by atoms with Crippen molar-refractivity contribution in [2.24, 2.45) is 16.5 Å². The lowest BCUT2D eigenvalue weighted by molar-refractivity contribution is -0.144. The molecule has 0 saturated heterocycles. The number of carboxylic acid groups (broad SMARTS) is 4. The molecule has 3 rings (SSSR count). The molecule has 31 heteroatoms. The number of benzene rings is 1. The number of aliphatic carboxylic acids is 4. The number of hydrogen-bond acceptors (Lipinski definition) is 18. The first-order chi connectivity index (χ1) is 33.4. The smallest absolute Gasteiger partial charge is 0.327 e. The van der Waals surface area contributed by atoms with E-state index in [1.807, 2.05) is 10.6 Å². The molecule has 0 saturated carbocycles. The molecule has 0 unspecified atom stereocenters. The van der Waals surface area contributed by atoms with Crippen molar-refractivity contribution < 1.29 is 68.4 Å². The van der Waals surface area contributed by atoms with Crippen LogP contribution in [0.3, 0.4) is 0 Å². The average molecular weight is 1020 g/mol. The Balaban J connectivity index is 1.66. The lowest BCUT2D eigenvalue weighted by Gasteiger charge is -2.26. The minimum Gasteiger partial charge on any atom is -0.481 e. The minimum absolute atomic E-state index is 0.00350. The Morgan fingerprint density at radius 2 is 1.24 bits per heavy atom. The molecule has 3 aromatic rings. The second-order valence-corrected chi connectivity index (χ2v) is 15.8. The molecule has 2 aromatic heterocycles. The number of aromatic amines is 1. The first-order valence-corrected chi connectivity index (χ1v) is 21.8. The Bertz CT molecular complexity index is 2560. The van der Waals surface area contributed by atoms with Gasteiger partial charge in [-0.1, -0.05) is 0 Å². The summed E-state index contributed by atoms with van der Waals surface area (Å²) in [5.41, 5.74) is 17.1. The summed E-state index contributed by atoms with van der Waals surface area (Å²) in [6, 6.07) is -3.50. The van der Waals surface area contributed by atoms with E-state index >= 15 is 0 Å². The summed E-state index contributed by atoms with van der Waals surface area (Å²) >= 11 is 3.80. The van der Waals surface area contributed by atoms with Gasteiger partial charge < -0.3 is 74.8 Å². The molecule has 0 radical (unpaired) electrons. The van der Waals surface area contributed by atoms with Gasteiger partial charge in [-0.25, -0.2) is 14.8 Å². The van der Waals surface area contributed by atoms with Crippen LogP contribution in [0.25, 0.3) is 11.2 Å². The van der Waals surface area contributed by atoms with Crippen LogP contribution in [0, 0.1) is 0 Å². The number of nitrogens with one attached hydrogen (secondary N) is 8. The predicted molar refractivity (Wildman–Crippen MR) is 250 cm³/mol. The van der Waals surface area contributed by atoms with Gasteiger partial charge in [0.25, 0.3) is 11.5 Å². The number of anilines is 2. The number of aliphatic imine (C=N–C) groups is 1. The van der Waals surface area contributed by atoms with E-state index in [-0.39, 0.29) is 67.4 Å². The molecule has 384 valence electrons. The number of aromatic nitrogens is 4. The van der Waals surface area contributed by atoms with Crippen molar-refractivity contribution in [3.63, 3.8) is 0 Å². The number of nitrogens with two attached hydrogens (primary N) is 3. The van der Waals surface area contributed by atoms with Gasteiger partial charge in [-0.15, -0.1) is 0 Å². The number of thiol groups is 1. The number of rotatable bonds is 29. The zero-order valence-electron chi connectivity index (χ0n) is 37.7. The zero-order chi connectivity index (χ0) is 52.9. The van der Waals surface area contributed by atoms with Gasteiger partial charge in [-0.2, -0.15) is 17.6 Å². The molecule has 18 N–H and O–H groups in total. The molecule has 0 fully saturated rings. The van der Waals surface area contributed by atoms with Crippen molar-refractivity contribution in [2.75, 3.05) is 23.3 Å². The Morgan fingerprint density at radius 1 is 0.718 bits per heavy atom. The van der Waals surface area contributed by atoms with E-state index in [2.05, 4.69) is 64.1 Å². The number of carbonyl (C=O) groups excluding carboxylic acids is 6. The first kappa shape index (κ1) is 56.7. The van der Waals surface area contributed by atoms with E-state index in [4.69, 9.17) is 17.2 Å². The maximum atomic E-state index is 13.7. The standard InChI is InChI=1S/C40H53N15O15S/c1-17(47-32(63)18-5-7-19(8-6-18)45-14-20-15-46-31-30(48-20)37(68)55-40(43)54-31)4-9-26(56)49-22(11-27(57)58)34(65)50-21(3-2-10-44-39(41)42)33(64)51-23(12-28(59)60)35(66)52-24(13-29(61)62)36(67)53-25(16-71)38(69)70/h5-8,15,17,21-25,45,71H,2-4,9-14,16H2,1H3,(H,47,63)(H,49,56)(H,50,65)(H,51,64)(H,52,66)(H,53,67)(H,57,58)(H,59,60)(H,61,62)(H,69,70)(H4,41,42,44)(H3,43,46,54,55,68)/t17-,21+,22+,23+,24+,25+/m1/s1. The molecule has 0 spiro atoms. The normalized spacial score (nSPS) is 13.3. The van der Waals surface area contributed by atoms with Crippen molar-refractivity contribution in [1.29, 1.82) is 0 Å². The highest BCUT2D eigenvalue weighted by atomic mass is 32.1. The summed E-state index contributed by atoms with van der Waals surface area (Å²) in [6.45, 7) is 1.64. The summed E-state index contributed by atoms with van der Waals surface area (Å²) in [7, 11) is 0. The average Bonchev–Trinajstić information content (AvgIpc) is 3.29. The van der Waals surface area contributed by atoms with Gasteiger partial charge in [0.05, 0.1) is 37.7 Å². The summed E-state index contributed by atoms with van der Waals surface area (Å²) < 4.78 is 0. The summed E-state index contributed by atoms with van der Waals surface area (Å²) in [6.07, 6.45) is -2.55. The van der Waals surface area contributed by atoms with E-state index in [9.17, 15) is 73.2 Å². The van der Waals surface area contributed by atoms with Gasteiger partial charge in [-0.3, -0.25) is 57.9 Å². The predicted octanol–water partition coefficient (Wildman–Crippen LogP) is -4.28. The summed E-state index contributed by atoms with van der Waals surface area (Å²) in [5.74, 6) is -13.8. The van der Waals surface area contributed by atoms with Crippen molar-refractivity contribution in [3.05, 3.63) is 52.1 Å². The van der Waals surface area contributed by atoms with Crippen molar-refractivity contribution in [3.8, 4) is 0 Å². The van der Waals surface area contributed by atoms with E-state index in [1.54, 1.807) is 19.1 Å². The number of carbonyl (C=O) groups is 10. The molecule has 1 aromatic carbocycles. The number of amides is 6. The highest BCUT2D eigenvalue weighted by Crippen LogP contribution is 2.13. The topological polar surface area (TPSA) is 498 Å². The van der Waals surface area contributed by atoms with Crippen LogP contribution in [0.4, 0.5) is 11.6 Å². The number of nitrogen functional groups attached to an aromatic ring is 1. The molecule has 2 heterocycles. The third kappa shape index (κ3) is 19.5. The van der Waals surface area contributed by atoms with Crippen molar-refractivity contribution in [2.45, 2.75) is 94.7 Å². The van der Waals surface area contributed by atoms with E-state index in [1.165, 1.54) is 18.3 Å². The van der Waals surface area contributed by atoms with Gasteiger partial charge >= 0.3 is 23.9 Å². The Morgan fingerprint density at radius 3 is 1.76 bits per heavy atom. The lowest BCUT2D eigenvalue weighted by atomic mass is 10.1. The van der Waals surface area contributed by atoms with Gasteiger partial charge in [0.2, 0.25) is 35.5 Å². The third-order valence-corrected chi connectivity index (χ3v) is 10.1. The summed E-state index contributed by atoms with van der Waals surface area (Å²) in [5, 5.41) is 54.1. The number of H-pyrrole nitrogens is 1. The van der Waals surface area contributed by atoms with Gasteiger partial charge in [0.15, 0.2) is 17.1 Å². The monoisotopic (exact) mass is 1020 g/mol. The van der Waals surface area contributed by atoms with Crippen molar-refractivity contribution in [1.82, 2.24) is 51.8 Å². The number of guanidine groups is 1. The Kier molecular flexibility index (Phi) is 21.9. The lowest BCUT2D eigenvalue weighted by Crippen LogP contribution is -2.59. The Hall–Kier alpha value is -8.64. The highest BCUT2D eigenvalue weighted by molar-refractivity contribution is 7.80. The molecule has 71 heavy (non-hydrogen) atoms. The second kappa shape index (κ2) is 27.4. The number of hydrogen-bond donors (Lipinski definition) is 16. The van der Waals surface area contributed by atoms with Crippen LogP contribution in [-0.4, -0.2) is 154 Å². The van der Waals surface area contributed by atoms with Crippen LogP contribution in [0.15, 0.2) is 40.2 Å². The van der Waals surface area contributed by atoms with Gasteiger partial charge in [0.1, 0.15) is 30.2 Å². The fourth-order valence-corrected chi connectivity index (χ4v) is 6.43. The second-order valence-electron chi connectivity index (χ2n) is 15.5. The van der Waals surface area contributed by atoms with Gasteiger partial charge in [-0.05, 0) is 50.5 Å². The van der Waals surface area contributed by atoms with Crippen LogP contribution < -0.4 is 60.0 Å². The number of nitrogens with zero attached hydrogens (tertiary/aromatic N) is 4. The van der Waals surface area contributed by atoms with E-state index in [0.29, 0.717) is 11.4 Å². The third-order valence-electron chi connectivity index (χ3n) is 9.72. The molecule has 0 aliphatic heterocycles. The molecule has 0 aliphatic carbocycles. The van der Waals surface area contributed by atoms with E-state index < -0.39 is 126 Å². The minimum atomic E-state index is -2.05. The van der Waals surface area contributed by atoms with Crippen LogP contribution >= 0.6 is 12.6 Å². The molecule has 0 aliphatic rings. The fourth-order valence-electron chi connectivity index (χ4n) is 6.18. The summed E-state index contributed by atoms with van der Waals surface area (Å²) in [4.78, 5) is 156. The number of fused-ring (bicyclic) bond motifs is 1. The molecule has 6 amide bonds. The first-order valence-electron chi connectivity index (χ1n) is 21.2. The van der Waals surface area contributed by atoms with Crippen LogP contribution in [0.2, 0.25) is 0 Å². The molecule has 6 atom stereocenters.